The summed E-state index contributed by atoms with van der Waals surface area (Å²) in [5, 5.41) is 6.40. The minimum atomic E-state index is 0. The highest BCUT2D eigenvalue weighted by Gasteiger charge is 2.08. The molecular weight excluding hydrogens is 334 g/mol. The smallest absolute Gasteiger partial charge is 0.188 e. The summed E-state index contributed by atoms with van der Waals surface area (Å²) in [7, 11) is 0. The van der Waals surface area contributed by atoms with E-state index in [9.17, 15) is 0 Å². The number of nitrogens with zero attached hydrogens (tertiary/aromatic N) is 2. The summed E-state index contributed by atoms with van der Waals surface area (Å²) >= 11 is 1.64. The summed E-state index contributed by atoms with van der Waals surface area (Å²) in [6.07, 6.45) is 4.75. The Morgan fingerprint density at radius 2 is 1.90 bits per heavy atom. The van der Waals surface area contributed by atoms with Crippen molar-refractivity contribution in [2.45, 2.75) is 25.7 Å². The zero-order valence-electron chi connectivity index (χ0n) is 11.2. The molecule has 20 heavy (non-hydrogen) atoms. The number of benzene rings is 1. The van der Waals surface area contributed by atoms with Gasteiger partial charge in [-0.1, -0.05) is 36.8 Å². The number of halogens is 1. The molecule has 3 rings (SSSR count). The molecule has 1 N–H and O–H groups in total. The van der Waals surface area contributed by atoms with Crippen molar-refractivity contribution in [1.29, 1.82) is 0 Å². The van der Waals surface area contributed by atoms with Crippen LogP contribution in [0.2, 0.25) is 0 Å². The second-order valence-electron chi connectivity index (χ2n) is 4.67. The lowest BCUT2D eigenvalue weighted by molar-refractivity contribution is -0.00000386. The lowest BCUT2D eigenvalue weighted by Crippen LogP contribution is -3.00. The number of aromatic nitrogens is 1. The quantitative estimate of drug-likeness (QED) is 0.883. The first-order chi connectivity index (χ1) is 9.42. The molecule has 5 heteroatoms. The fraction of sp³-hybridized carbons (Fsp3) is 0.333. The van der Waals surface area contributed by atoms with Crippen LogP contribution < -0.4 is 22.3 Å². The predicted molar refractivity (Wildman–Crippen MR) is 81.9 cm³/mol. The summed E-state index contributed by atoms with van der Waals surface area (Å²) in [4.78, 5) is 9.20. The molecule has 0 amide bonds. The highest BCUT2D eigenvalue weighted by atomic mass is 79.9. The van der Waals surface area contributed by atoms with Crippen molar-refractivity contribution in [1.82, 2.24) is 4.98 Å². The fourth-order valence-corrected chi connectivity index (χ4v) is 2.91. The van der Waals surface area contributed by atoms with Crippen LogP contribution in [0.3, 0.4) is 0 Å². The van der Waals surface area contributed by atoms with Crippen molar-refractivity contribution in [3.8, 4) is 11.3 Å². The zero-order chi connectivity index (χ0) is 12.9. The van der Waals surface area contributed by atoms with E-state index in [1.54, 1.807) is 11.3 Å². The van der Waals surface area contributed by atoms with Crippen LogP contribution in [0.5, 0.6) is 0 Å². The number of rotatable bonds is 2. The third kappa shape index (κ3) is 3.90. The molecule has 3 nitrogen and oxygen atoms in total. The Morgan fingerprint density at radius 3 is 2.75 bits per heavy atom. The molecule has 0 fully saturated rings. The summed E-state index contributed by atoms with van der Waals surface area (Å²) in [6.45, 7) is 0.944. The van der Waals surface area contributed by atoms with Gasteiger partial charge in [-0.15, -0.1) is 11.3 Å². The lowest BCUT2D eigenvalue weighted by atomic mass is 10.2. The Labute approximate surface area is 133 Å². The Hall–Kier alpha value is -1.20. The first-order valence-corrected chi connectivity index (χ1v) is 7.61. The third-order valence-corrected chi connectivity index (χ3v) is 3.96. The van der Waals surface area contributed by atoms with Gasteiger partial charge in [-0.2, -0.15) is 0 Å². The molecule has 1 aromatic carbocycles. The van der Waals surface area contributed by atoms with E-state index in [1.807, 2.05) is 18.2 Å². The van der Waals surface area contributed by atoms with E-state index in [0.717, 1.165) is 35.2 Å². The molecule has 0 spiro atoms. The van der Waals surface area contributed by atoms with Crippen LogP contribution in [0.15, 0.2) is 40.7 Å². The maximum atomic E-state index is 4.63. The van der Waals surface area contributed by atoms with E-state index in [4.69, 9.17) is 0 Å². The van der Waals surface area contributed by atoms with Gasteiger partial charge in [0, 0.05) is 23.9 Å². The molecule has 0 atom stereocenters. The Kier molecular flexibility index (Phi) is 5.73. The lowest BCUT2D eigenvalue weighted by Gasteiger charge is -2.04. The van der Waals surface area contributed by atoms with Gasteiger partial charge >= 0.3 is 0 Å². The largest absolute Gasteiger partial charge is 1.00 e. The number of nitrogens with one attached hydrogen (secondary N) is 1. The second kappa shape index (κ2) is 7.55. The van der Waals surface area contributed by atoms with Gasteiger partial charge in [-0.3, -0.25) is 4.99 Å². The van der Waals surface area contributed by atoms with Crippen molar-refractivity contribution in [2.24, 2.45) is 4.99 Å². The van der Waals surface area contributed by atoms with Gasteiger partial charge in [0.25, 0.3) is 0 Å². The van der Waals surface area contributed by atoms with Gasteiger partial charge in [0.05, 0.1) is 5.69 Å². The average molecular weight is 351 g/mol. The van der Waals surface area contributed by atoms with Crippen LogP contribution in [0.1, 0.15) is 25.7 Å². The van der Waals surface area contributed by atoms with E-state index in [-0.39, 0.29) is 17.0 Å². The molecule has 0 saturated heterocycles. The molecule has 106 valence electrons. The molecule has 0 saturated carbocycles. The van der Waals surface area contributed by atoms with E-state index in [0.29, 0.717) is 0 Å². The first kappa shape index (κ1) is 15.2. The Balaban J connectivity index is 0.00000147. The number of hydrogen-bond donors (Lipinski definition) is 1. The highest BCUT2D eigenvalue weighted by Crippen LogP contribution is 2.25. The SMILES string of the molecule is [Br-].c1ccc(-c2csc(NC3=NCCCCC3)n2)cc1. The predicted octanol–water partition coefficient (Wildman–Crippen LogP) is 1.20. The topological polar surface area (TPSA) is 37.3 Å². The summed E-state index contributed by atoms with van der Waals surface area (Å²) in [5.41, 5.74) is 2.19. The van der Waals surface area contributed by atoms with E-state index in [2.05, 4.69) is 32.8 Å². The molecule has 0 aliphatic carbocycles. The molecule has 1 aromatic heterocycles. The van der Waals surface area contributed by atoms with Gasteiger partial charge in [-0.05, 0) is 12.8 Å². The van der Waals surface area contributed by atoms with Crippen LogP contribution in [-0.4, -0.2) is 17.4 Å². The van der Waals surface area contributed by atoms with Gasteiger partial charge in [0.15, 0.2) is 5.13 Å². The third-order valence-electron chi connectivity index (χ3n) is 3.20. The zero-order valence-corrected chi connectivity index (χ0v) is 13.6. The maximum absolute atomic E-state index is 4.63. The minimum absolute atomic E-state index is 0. The minimum Gasteiger partial charge on any atom is -1.00 e. The Morgan fingerprint density at radius 1 is 1.05 bits per heavy atom. The van der Waals surface area contributed by atoms with Crippen molar-refractivity contribution in [3.63, 3.8) is 0 Å². The van der Waals surface area contributed by atoms with Crippen LogP contribution >= 0.6 is 11.3 Å². The monoisotopic (exact) mass is 350 g/mol. The van der Waals surface area contributed by atoms with E-state index in [1.165, 1.54) is 19.3 Å². The first-order valence-electron chi connectivity index (χ1n) is 6.73. The number of amidine groups is 1. The summed E-state index contributed by atoms with van der Waals surface area (Å²) in [6, 6.07) is 10.3. The van der Waals surface area contributed by atoms with Gasteiger partial charge in [0.1, 0.15) is 5.84 Å². The normalized spacial score (nSPS) is 14.9. The molecule has 1 aliphatic rings. The number of thiazole rings is 1. The van der Waals surface area contributed by atoms with E-state index >= 15 is 0 Å². The molecule has 0 radical (unpaired) electrons. The van der Waals surface area contributed by atoms with E-state index < -0.39 is 0 Å². The van der Waals surface area contributed by atoms with Gasteiger partial charge in [-0.25, -0.2) is 4.98 Å². The second-order valence-corrected chi connectivity index (χ2v) is 5.53. The molecule has 2 heterocycles. The highest BCUT2D eigenvalue weighted by molar-refractivity contribution is 7.14. The van der Waals surface area contributed by atoms with Crippen molar-refractivity contribution >= 4 is 22.3 Å². The number of aliphatic imine (C=N–C) groups is 1. The summed E-state index contributed by atoms with van der Waals surface area (Å²) < 4.78 is 0. The van der Waals surface area contributed by atoms with Crippen molar-refractivity contribution < 1.29 is 17.0 Å². The molecule has 2 aromatic rings. The Bertz CT molecular complexity index is 566. The number of anilines is 1. The molecular formula is C15H17BrN3S-. The summed E-state index contributed by atoms with van der Waals surface area (Å²) in [5.74, 6) is 1.09. The maximum Gasteiger partial charge on any atom is 0.188 e. The van der Waals surface area contributed by atoms with Gasteiger partial charge in [0.2, 0.25) is 0 Å². The fourth-order valence-electron chi connectivity index (χ4n) is 2.17. The number of hydrogen-bond acceptors (Lipinski definition) is 4. The van der Waals surface area contributed by atoms with Gasteiger partial charge < -0.3 is 22.3 Å². The molecule has 0 bridgehead atoms. The standard InChI is InChI=1S/C15H17N3S.BrH/c1-3-7-12(8-4-1)13-11-19-15(17-13)18-14-9-5-2-6-10-16-14;/h1,3-4,7-8,11H,2,5-6,9-10H2,(H,16,17,18);1H/p-1. The van der Waals surface area contributed by atoms with Crippen LogP contribution in [-0.2, 0) is 0 Å². The average Bonchev–Trinajstić information content (AvgIpc) is 2.76. The van der Waals surface area contributed by atoms with Crippen LogP contribution in [0.25, 0.3) is 11.3 Å². The molecule has 1 aliphatic heterocycles. The van der Waals surface area contributed by atoms with Crippen molar-refractivity contribution in [3.05, 3.63) is 35.7 Å². The van der Waals surface area contributed by atoms with Crippen LogP contribution in [0, 0.1) is 0 Å². The van der Waals surface area contributed by atoms with Crippen molar-refractivity contribution in [2.75, 3.05) is 11.9 Å². The van der Waals surface area contributed by atoms with Crippen LogP contribution in [0.4, 0.5) is 5.13 Å². The molecule has 0 unspecified atom stereocenters.